The standard InChI is InChI=1S/C66H53N/c1-7-25-55(26-8-1)64(56-27-9-2-10-28-56)37-19-22-52-40-46-61(47-41-52)67(62-48-42-53(43-49-62)23-20-38-65(57-29-11-3-12-30-57)58-31-13-4-14-32-58)63-50-44-54(45-51-63)24-21-39-66(59-33-15-5-16-34-59)60-35-17-6-18-36-60/h1-35,37-51,60H,36H2. The van der Waals surface area contributed by atoms with Crippen LogP contribution in [0.15, 0.2) is 285 Å². The summed E-state index contributed by atoms with van der Waals surface area (Å²) >= 11 is 0. The van der Waals surface area contributed by atoms with E-state index >= 15 is 0 Å². The van der Waals surface area contributed by atoms with Gasteiger partial charge in [0.25, 0.3) is 0 Å². The molecule has 1 heteroatoms. The zero-order valence-electron chi connectivity index (χ0n) is 37.6. The van der Waals surface area contributed by atoms with Crippen LogP contribution in [0, 0.1) is 5.92 Å². The van der Waals surface area contributed by atoms with Crippen molar-refractivity contribution in [2.24, 2.45) is 5.92 Å². The Balaban J connectivity index is 0.998. The molecule has 0 aliphatic heterocycles. The van der Waals surface area contributed by atoms with Crippen molar-refractivity contribution in [3.05, 3.63) is 330 Å². The highest BCUT2D eigenvalue weighted by molar-refractivity contribution is 5.83. The fraction of sp³-hybridized carbons (Fsp3) is 0.0303. The number of allylic oxidation sites excluding steroid dienone is 11. The van der Waals surface area contributed by atoms with E-state index in [1.165, 1.54) is 44.5 Å². The molecule has 0 radical (unpaired) electrons. The number of hydrogen-bond acceptors (Lipinski definition) is 1. The van der Waals surface area contributed by atoms with Crippen LogP contribution < -0.4 is 4.90 Å². The quantitative estimate of drug-likeness (QED) is 0.0929. The molecule has 8 aromatic rings. The second kappa shape index (κ2) is 22.4. The molecule has 67 heavy (non-hydrogen) atoms. The maximum atomic E-state index is 2.33. The maximum absolute atomic E-state index is 2.33. The van der Waals surface area contributed by atoms with Crippen LogP contribution in [0.3, 0.4) is 0 Å². The number of benzene rings is 8. The average Bonchev–Trinajstić information content (AvgIpc) is 3.41. The molecule has 0 fully saturated rings. The predicted octanol–water partition coefficient (Wildman–Crippen LogP) is 17.7. The third-order valence-corrected chi connectivity index (χ3v) is 11.9. The first-order valence-corrected chi connectivity index (χ1v) is 23.1. The largest absolute Gasteiger partial charge is 0.311 e. The van der Waals surface area contributed by atoms with E-state index < -0.39 is 0 Å². The lowest BCUT2D eigenvalue weighted by Gasteiger charge is -2.26. The van der Waals surface area contributed by atoms with Crippen LogP contribution in [0.1, 0.15) is 50.9 Å². The highest BCUT2D eigenvalue weighted by Gasteiger charge is 2.14. The first-order valence-electron chi connectivity index (χ1n) is 23.1. The zero-order valence-corrected chi connectivity index (χ0v) is 37.6. The van der Waals surface area contributed by atoms with Crippen molar-refractivity contribution >= 4 is 52.0 Å². The number of anilines is 3. The minimum atomic E-state index is 0.353. The maximum Gasteiger partial charge on any atom is 0.0462 e. The molecule has 0 amide bonds. The third kappa shape index (κ3) is 11.6. The third-order valence-electron chi connectivity index (χ3n) is 11.9. The van der Waals surface area contributed by atoms with Crippen molar-refractivity contribution < 1.29 is 0 Å². The van der Waals surface area contributed by atoms with E-state index in [0.717, 1.165) is 40.2 Å². The van der Waals surface area contributed by atoms with Crippen molar-refractivity contribution in [1.82, 2.24) is 0 Å². The van der Waals surface area contributed by atoms with Gasteiger partial charge in [0.2, 0.25) is 0 Å². The molecule has 0 saturated heterocycles. The van der Waals surface area contributed by atoms with Gasteiger partial charge in [0, 0.05) is 23.0 Å². The normalized spacial score (nSPS) is 13.6. The Labute approximate surface area is 397 Å². The van der Waals surface area contributed by atoms with Crippen LogP contribution in [0.5, 0.6) is 0 Å². The predicted molar refractivity (Wildman–Crippen MR) is 289 cm³/mol. The topological polar surface area (TPSA) is 3.24 Å². The van der Waals surface area contributed by atoms with Crippen molar-refractivity contribution in [2.75, 3.05) is 4.90 Å². The van der Waals surface area contributed by atoms with Crippen LogP contribution in [-0.4, -0.2) is 0 Å². The second-order valence-corrected chi connectivity index (χ2v) is 16.5. The van der Waals surface area contributed by atoms with Crippen molar-refractivity contribution in [2.45, 2.75) is 6.42 Å². The molecule has 9 rings (SSSR count). The molecule has 0 saturated carbocycles. The first-order chi connectivity index (χ1) is 33.2. The first kappa shape index (κ1) is 43.7. The molecule has 322 valence electrons. The molecule has 0 spiro atoms. The van der Waals surface area contributed by atoms with Gasteiger partial charge >= 0.3 is 0 Å². The summed E-state index contributed by atoms with van der Waals surface area (Å²) in [7, 11) is 0. The van der Waals surface area contributed by atoms with Crippen molar-refractivity contribution in [1.29, 1.82) is 0 Å². The molecule has 0 N–H and O–H groups in total. The lowest BCUT2D eigenvalue weighted by Crippen LogP contribution is -2.09. The summed E-state index contributed by atoms with van der Waals surface area (Å²) in [6, 6.07) is 79.5. The Hall–Kier alpha value is -8.52. The van der Waals surface area contributed by atoms with Gasteiger partial charge in [0.15, 0.2) is 0 Å². The SMILES string of the molecule is C1=CCC(C(=CC=Cc2ccc(N(c3ccc(C=CC=C(c4ccccc4)c4ccccc4)cc3)c3ccc(C=CC=C(c4ccccc4)c4ccccc4)cc3)cc2)c2ccccc2)C=C1. The molecule has 8 aromatic carbocycles. The van der Waals surface area contributed by atoms with Gasteiger partial charge in [-0.25, -0.2) is 0 Å². The Kier molecular flexibility index (Phi) is 14.6. The Bertz CT molecular complexity index is 2830. The van der Waals surface area contributed by atoms with E-state index in [1.54, 1.807) is 0 Å². The number of hydrogen-bond donors (Lipinski definition) is 0. The molecular formula is C66H53N. The van der Waals surface area contributed by atoms with E-state index in [0.29, 0.717) is 5.92 Å². The van der Waals surface area contributed by atoms with Crippen LogP contribution in [-0.2, 0) is 0 Å². The summed E-state index contributed by atoms with van der Waals surface area (Å²) in [4.78, 5) is 2.33. The number of rotatable bonds is 15. The lowest BCUT2D eigenvalue weighted by molar-refractivity contribution is 0.843. The fourth-order valence-corrected chi connectivity index (χ4v) is 8.49. The zero-order chi connectivity index (χ0) is 45.3. The van der Waals surface area contributed by atoms with Crippen LogP contribution in [0.4, 0.5) is 17.1 Å². The highest BCUT2D eigenvalue weighted by atomic mass is 15.1. The van der Waals surface area contributed by atoms with Gasteiger partial charge in [-0.05, 0) is 104 Å². The summed E-state index contributed by atoms with van der Waals surface area (Å²) in [5.41, 5.74) is 16.4. The van der Waals surface area contributed by atoms with E-state index in [9.17, 15) is 0 Å². The average molecular weight is 860 g/mol. The molecule has 1 aliphatic carbocycles. The van der Waals surface area contributed by atoms with Crippen molar-refractivity contribution in [3.8, 4) is 0 Å². The van der Waals surface area contributed by atoms with E-state index in [4.69, 9.17) is 0 Å². The van der Waals surface area contributed by atoms with E-state index in [1.807, 2.05) is 0 Å². The molecule has 1 nitrogen and oxygen atoms in total. The minimum absolute atomic E-state index is 0.353. The highest BCUT2D eigenvalue weighted by Crippen LogP contribution is 2.36. The number of nitrogens with zero attached hydrogens (tertiary/aromatic N) is 1. The molecular weight excluding hydrogens is 807 g/mol. The van der Waals surface area contributed by atoms with Crippen LogP contribution in [0.2, 0.25) is 0 Å². The van der Waals surface area contributed by atoms with Gasteiger partial charge < -0.3 is 4.90 Å². The van der Waals surface area contributed by atoms with Gasteiger partial charge in [-0.15, -0.1) is 0 Å². The smallest absolute Gasteiger partial charge is 0.0462 e. The van der Waals surface area contributed by atoms with Crippen LogP contribution >= 0.6 is 0 Å². The monoisotopic (exact) mass is 859 g/mol. The second-order valence-electron chi connectivity index (χ2n) is 16.5. The lowest BCUT2D eigenvalue weighted by atomic mass is 9.87. The molecule has 0 heterocycles. The van der Waals surface area contributed by atoms with E-state index in [2.05, 4.69) is 308 Å². The summed E-state index contributed by atoms with van der Waals surface area (Å²) < 4.78 is 0. The Morgan fingerprint density at radius 3 is 1.00 bits per heavy atom. The summed E-state index contributed by atoms with van der Waals surface area (Å²) in [5, 5.41) is 0. The molecule has 1 aliphatic rings. The van der Waals surface area contributed by atoms with Gasteiger partial charge in [0.1, 0.15) is 0 Å². The fourth-order valence-electron chi connectivity index (χ4n) is 8.49. The molecule has 1 unspecified atom stereocenters. The molecule has 0 aromatic heterocycles. The van der Waals surface area contributed by atoms with Gasteiger partial charge in [-0.1, -0.05) is 267 Å². The Morgan fingerprint density at radius 1 is 0.343 bits per heavy atom. The molecule has 1 atom stereocenters. The van der Waals surface area contributed by atoms with E-state index in [-0.39, 0.29) is 0 Å². The molecule has 0 bridgehead atoms. The van der Waals surface area contributed by atoms with Crippen molar-refractivity contribution in [3.63, 3.8) is 0 Å². The Morgan fingerprint density at radius 2 is 0.672 bits per heavy atom. The van der Waals surface area contributed by atoms with Gasteiger partial charge in [0.05, 0.1) is 0 Å². The van der Waals surface area contributed by atoms with Gasteiger partial charge in [-0.3, -0.25) is 0 Å². The van der Waals surface area contributed by atoms with Gasteiger partial charge in [-0.2, -0.15) is 0 Å². The summed E-state index contributed by atoms with van der Waals surface area (Å²) in [6.07, 6.45) is 29.6. The summed E-state index contributed by atoms with van der Waals surface area (Å²) in [5.74, 6) is 0.353. The minimum Gasteiger partial charge on any atom is -0.311 e. The van der Waals surface area contributed by atoms with Crippen LogP contribution in [0.25, 0.3) is 34.9 Å². The summed E-state index contributed by atoms with van der Waals surface area (Å²) in [6.45, 7) is 0.